The van der Waals surface area contributed by atoms with Gasteiger partial charge >= 0.3 is 6.09 Å². The summed E-state index contributed by atoms with van der Waals surface area (Å²) in [5.74, 6) is 0.497. The average Bonchev–Trinajstić information content (AvgIpc) is 2.59. The molecule has 0 aliphatic carbocycles. The van der Waals surface area contributed by atoms with Crippen molar-refractivity contribution >= 4 is 6.09 Å². The van der Waals surface area contributed by atoms with Crippen molar-refractivity contribution in [3.63, 3.8) is 0 Å². The molecule has 0 saturated carbocycles. The quantitative estimate of drug-likeness (QED) is 0.833. The molecule has 1 heterocycles. The van der Waals surface area contributed by atoms with Crippen LogP contribution in [0.25, 0.3) is 0 Å². The Morgan fingerprint density at radius 1 is 1.38 bits per heavy atom. The van der Waals surface area contributed by atoms with E-state index >= 15 is 0 Å². The van der Waals surface area contributed by atoms with Crippen LogP contribution in [0.4, 0.5) is 4.79 Å². The van der Waals surface area contributed by atoms with Crippen LogP contribution in [0.2, 0.25) is 0 Å². The molecule has 2 rings (SSSR count). The van der Waals surface area contributed by atoms with Gasteiger partial charge in [0.05, 0.1) is 0 Å². The van der Waals surface area contributed by atoms with Gasteiger partial charge in [0.1, 0.15) is 6.61 Å². The second-order valence-electron chi connectivity index (χ2n) is 6.88. The Morgan fingerprint density at radius 2 is 2.12 bits per heavy atom. The summed E-state index contributed by atoms with van der Waals surface area (Å²) >= 11 is 0. The van der Waals surface area contributed by atoms with Gasteiger partial charge in [-0.25, -0.2) is 4.79 Å². The molecule has 1 aliphatic rings. The fraction of sp³-hybridized carbons (Fsp3) is 0.632. The maximum Gasteiger partial charge on any atom is 0.410 e. The van der Waals surface area contributed by atoms with Gasteiger partial charge < -0.3 is 20.3 Å². The molecule has 2 N–H and O–H groups in total. The summed E-state index contributed by atoms with van der Waals surface area (Å²) in [4.78, 5) is 16.8. The predicted molar refractivity (Wildman–Crippen MR) is 96.7 cm³/mol. The number of carbonyl (C=O) groups excluding carboxylic acids is 1. The van der Waals surface area contributed by atoms with Crippen LogP contribution in [0.5, 0.6) is 0 Å². The highest BCUT2D eigenvalue weighted by Gasteiger charge is 2.26. The van der Waals surface area contributed by atoms with Crippen molar-refractivity contribution in [3.8, 4) is 0 Å². The van der Waals surface area contributed by atoms with E-state index in [0.29, 0.717) is 19.1 Å². The highest BCUT2D eigenvalue weighted by Crippen LogP contribution is 2.19. The first-order chi connectivity index (χ1) is 11.6. The van der Waals surface area contributed by atoms with Gasteiger partial charge in [0.2, 0.25) is 0 Å². The number of ether oxygens (including phenoxy) is 1. The van der Waals surface area contributed by atoms with Gasteiger partial charge in [-0.05, 0) is 44.7 Å². The smallest absolute Gasteiger partial charge is 0.410 e. The first-order valence-electron chi connectivity index (χ1n) is 9.00. The van der Waals surface area contributed by atoms with E-state index in [1.54, 1.807) is 0 Å². The van der Waals surface area contributed by atoms with Crippen molar-refractivity contribution < 1.29 is 9.53 Å². The van der Waals surface area contributed by atoms with E-state index in [1.165, 1.54) is 6.42 Å². The highest BCUT2D eigenvalue weighted by molar-refractivity contribution is 5.68. The van der Waals surface area contributed by atoms with Crippen molar-refractivity contribution in [1.82, 2.24) is 9.80 Å². The fourth-order valence-corrected chi connectivity index (χ4v) is 3.26. The van der Waals surface area contributed by atoms with Gasteiger partial charge in [-0.3, -0.25) is 0 Å². The molecule has 24 heavy (non-hydrogen) atoms. The molecule has 1 saturated heterocycles. The number of carbonyl (C=O) groups is 1. The second kappa shape index (κ2) is 9.64. The van der Waals surface area contributed by atoms with Gasteiger partial charge in [0, 0.05) is 32.2 Å². The zero-order valence-electron chi connectivity index (χ0n) is 15.0. The summed E-state index contributed by atoms with van der Waals surface area (Å²) in [5.41, 5.74) is 6.69. The summed E-state index contributed by atoms with van der Waals surface area (Å²) in [6, 6.07) is 9.95. The van der Waals surface area contributed by atoms with Crippen LogP contribution in [-0.2, 0) is 11.3 Å². The Balaban J connectivity index is 1.87. The molecule has 1 aromatic rings. The van der Waals surface area contributed by atoms with Crippen LogP contribution in [-0.4, -0.2) is 54.7 Å². The summed E-state index contributed by atoms with van der Waals surface area (Å²) in [7, 11) is 0. The number of benzene rings is 1. The minimum Gasteiger partial charge on any atom is -0.445 e. The topological polar surface area (TPSA) is 58.8 Å². The Labute approximate surface area is 145 Å². The van der Waals surface area contributed by atoms with E-state index < -0.39 is 0 Å². The van der Waals surface area contributed by atoms with Gasteiger partial charge in [0.15, 0.2) is 0 Å². The molecule has 134 valence electrons. The zero-order valence-corrected chi connectivity index (χ0v) is 15.0. The molecule has 1 aliphatic heterocycles. The van der Waals surface area contributed by atoms with E-state index in [2.05, 4.69) is 4.90 Å². The van der Waals surface area contributed by atoms with Crippen LogP contribution >= 0.6 is 0 Å². The van der Waals surface area contributed by atoms with Gasteiger partial charge in [-0.15, -0.1) is 0 Å². The Morgan fingerprint density at radius 3 is 2.79 bits per heavy atom. The molecule has 1 aromatic carbocycles. The Hall–Kier alpha value is -1.59. The number of amides is 1. The largest absolute Gasteiger partial charge is 0.445 e. The summed E-state index contributed by atoms with van der Waals surface area (Å²) in [6.45, 7) is 8.95. The summed E-state index contributed by atoms with van der Waals surface area (Å²) < 4.78 is 5.52. The third kappa shape index (κ3) is 5.80. The number of nitrogens with two attached hydrogens (primary N) is 1. The molecule has 0 aromatic heterocycles. The van der Waals surface area contributed by atoms with E-state index in [-0.39, 0.29) is 12.1 Å². The van der Waals surface area contributed by atoms with E-state index in [9.17, 15) is 4.79 Å². The molecule has 1 atom stereocenters. The predicted octanol–water partition coefficient (Wildman–Crippen LogP) is 2.70. The maximum absolute atomic E-state index is 12.5. The summed E-state index contributed by atoms with van der Waals surface area (Å²) in [5, 5.41) is 0. The molecule has 0 spiro atoms. The zero-order chi connectivity index (χ0) is 17.4. The van der Waals surface area contributed by atoms with Crippen LogP contribution in [0.3, 0.4) is 0 Å². The first-order valence-corrected chi connectivity index (χ1v) is 9.00. The lowest BCUT2D eigenvalue weighted by Gasteiger charge is -2.36. The van der Waals surface area contributed by atoms with Crippen LogP contribution in [0.15, 0.2) is 30.3 Å². The van der Waals surface area contributed by atoms with E-state index in [4.69, 9.17) is 10.5 Å². The van der Waals surface area contributed by atoms with E-state index in [0.717, 1.165) is 38.2 Å². The Bertz CT molecular complexity index is 491. The molecular weight excluding hydrogens is 302 g/mol. The number of rotatable bonds is 7. The fourth-order valence-electron chi connectivity index (χ4n) is 3.26. The first kappa shape index (κ1) is 18.7. The minimum atomic E-state index is -0.218. The lowest BCUT2D eigenvalue weighted by atomic mass is 9.97. The number of hydrogen-bond acceptors (Lipinski definition) is 4. The molecule has 0 bridgehead atoms. The third-order valence-corrected chi connectivity index (χ3v) is 4.57. The molecule has 1 amide bonds. The van der Waals surface area contributed by atoms with Crippen molar-refractivity contribution in [2.24, 2.45) is 11.7 Å². The standard InChI is InChI=1S/C19H31N3O2/c1-16(2)22(14-18-9-6-11-21(13-18)12-10-20)19(23)24-15-17-7-4-3-5-8-17/h3-5,7-8,16,18H,6,9-15,20H2,1-2H3. The van der Waals surface area contributed by atoms with Crippen LogP contribution in [0.1, 0.15) is 32.3 Å². The molecule has 1 unspecified atom stereocenters. The van der Waals surface area contributed by atoms with Gasteiger partial charge in [-0.2, -0.15) is 0 Å². The number of nitrogens with zero attached hydrogens (tertiary/aromatic N) is 2. The second-order valence-corrected chi connectivity index (χ2v) is 6.88. The summed E-state index contributed by atoms with van der Waals surface area (Å²) in [6.07, 6.45) is 2.12. The number of likely N-dealkylation sites (tertiary alicyclic amines) is 1. The van der Waals surface area contributed by atoms with Crippen molar-refractivity contribution in [3.05, 3.63) is 35.9 Å². The van der Waals surface area contributed by atoms with Crippen molar-refractivity contribution in [2.75, 3.05) is 32.7 Å². The number of hydrogen-bond donors (Lipinski definition) is 1. The molecule has 5 heteroatoms. The maximum atomic E-state index is 12.5. The molecular formula is C19H31N3O2. The van der Waals surface area contributed by atoms with Crippen LogP contribution < -0.4 is 5.73 Å². The number of piperidine rings is 1. The monoisotopic (exact) mass is 333 g/mol. The lowest BCUT2D eigenvalue weighted by Crippen LogP contribution is -2.46. The van der Waals surface area contributed by atoms with Gasteiger partial charge in [-0.1, -0.05) is 30.3 Å². The molecule has 1 fully saturated rings. The molecule has 0 radical (unpaired) electrons. The lowest BCUT2D eigenvalue weighted by molar-refractivity contribution is 0.0681. The minimum absolute atomic E-state index is 0.137. The SMILES string of the molecule is CC(C)N(CC1CCCN(CCN)C1)C(=O)OCc1ccccc1. The van der Waals surface area contributed by atoms with Crippen molar-refractivity contribution in [1.29, 1.82) is 0 Å². The Kier molecular flexibility index (Phi) is 7.53. The third-order valence-electron chi connectivity index (χ3n) is 4.57. The van der Waals surface area contributed by atoms with Gasteiger partial charge in [0.25, 0.3) is 0 Å². The normalized spacial score (nSPS) is 18.6. The molecule has 5 nitrogen and oxygen atoms in total. The van der Waals surface area contributed by atoms with Crippen molar-refractivity contribution in [2.45, 2.75) is 39.3 Å². The van der Waals surface area contributed by atoms with Crippen LogP contribution in [0, 0.1) is 5.92 Å². The van der Waals surface area contributed by atoms with E-state index in [1.807, 2.05) is 49.1 Å². The average molecular weight is 333 g/mol. The highest BCUT2D eigenvalue weighted by atomic mass is 16.6.